The van der Waals surface area contributed by atoms with Crippen molar-refractivity contribution >= 4 is 36.5 Å². The van der Waals surface area contributed by atoms with E-state index in [2.05, 4.69) is 21.7 Å². The first-order valence-corrected chi connectivity index (χ1v) is 7.99. The Kier molecular flexibility index (Phi) is 9.97. The van der Waals surface area contributed by atoms with Crippen molar-refractivity contribution in [3.63, 3.8) is 0 Å². The highest BCUT2D eigenvalue weighted by Crippen LogP contribution is 2.16. The Labute approximate surface area is 166 Å². The van der Waals surface area contributed by atoms with E-state index in [1.54, 1.807) is 17.0 Å². The van der Waals surface area contributed by atoms with Gasteiger partial charge < -0.3 is 15.5 Å². The van der Waals surface area contributed by atoms with Gasteiger partial charge in [-0.3, -0.25) is 4.79 Å². The topological polar surface area (TPSA) is 105 Å². The van der Waals surface area contributed by atoms with Crippen LogP contribution in [0.4, 0.5) is 5.82 Å². The molecular formula is C17H24Cl2N6O. The quantitative estimate of drug-likeness (QED) is 0.759. The lowest BCUT2D eigenvalue weighted by atomic mass is 10.1. The zero-order valence-electron chi connectivity index (χ0n) is 14.9. The number of carbonyl (C=O) groups excluding carboxylic acids is 1. The number of likely N-dealkylation sites (tertiary alicyclic amines) is 1. The second-order valence-electron chi connectivity index (χ2n) is 6.51. The SMILES string of the molecule is CC(C)(CNc1ccc(C#N)cn1)NCC(=O)N1CCC[C@H]1C#N.Cl.Cl. The van der Waals surface area contributed by atoms with Crippen LogP contribution in [-0.4, -0.2) is 47.0 Å². The molecule has 0 bridgehead atoms. The third-order valence-electron chi connectivity index (χ3n) is 4.04. The van der Waals surface area contributed by atoms with E-state index in [9.17, 15) is 4.79 Å². The number of hydrogen-bond donors (Lipinski definition) is 2. The Hall–Kier alpha value is -2.06. The molecule has 2 N–H and O–H groups in total. The Balaban J connectivity index is 0.00000312. The number of pyridine rings is 1. The molecule has 0 saturated carbocycles. The molecule has 1 aliphatic heterocycles. The van der Waals surface area contributed by atoms with Crippen molar-refractivity contribution in [2.24, 2.45) is 0 Å². The Morgan fingerprint density at radius 1 is 1.38 bits per heavy atom. The van der Waals surface area contributed by atoms with E-state index in [1.807, 2.05) is 19.9 Å². The molecule has 1 aromatic heterocycles. The molecular weight excluding hydrogens is 375 g/mol. The molecule has 0 aromatic carbocycles. The number of rotatable bonds is 6. The van der Waals surface area contributed by atoms with Gasteiger partial charge in [0, 0.05) is 24.8 Å². The van der Waals surface area contributed by atoms with E-state index in [-0.39, 0.29) is 48.8 Å². The van der Waals surface area contributed by atoms with E-state index in [0.717, 1.165) is 12.8 Å². The summed E-state index contributed by atoms with van der Waals surface area (Å²) >= 11 is 0. The summed E-state index contributed by atoms with van der Waals surface area (Å²) in [5.41, 5.74) is 0.189. The molecule has 2 heterocycles. The molecule has 26 heavy (non-hydrogen) atoms. The van der Waals surface area contributed by atoms with E-state index in [4.69, 9.17) is 10.5 Å². The van der Waals surface area contributed by atoms with Crippen molar-refractivity contribution in [3.05, 3.63) is 23.9 Å². The Morgan fingerprint density at radius 2 is 2.12 bits per heavy atom. The number of carbonyl (C=O) groups is 1. The molecule has 1 fully saturated rings. The monoisotopic (exact) mass is 398 g/mol. The van der Waals surface area contributed by atoms with Crippen LogP contribution >= 0.6 is 24.8 Å². The van der Waals surface area contributed by atoms with Gasteiger partial charge in [-0.1, -0.05) is 0 Å². The lowest BCUT2D eigenvalue weighted by Crippen LogP contribution is -2.50. The maximum Gasteiger partial charge on any atom is 0.237 e. The highest BCUT2D eigenvalue weighted by molar-refractivity contribution is 5.85. The predicted octanol–water partition coefficient (Wildman–Crippen LogP) is 2.09. The van der Waals surface area contributed by atoms with Crippen LogP contribution in [-0.2, 0) is 4.79 Å². The van der Waals surface area contributed by atoms with Crippen molar-refractivity contribution < 1.29 is 4.79 Å². The van der Waals surface area contributed by atoms with Crippen molar-refractivity contribution in [1.29, 1.82) is 10.5 Å². The molecule has 7 nitrogen and oxygen atoms in total. The first kappa shape index (κ1) is 23.9. The summed E-state index contributed by atoms with van der Waals surface area (Å²) < 4.78 is 0. The summed E-state index contributed by atoms with van der Waals surface area (Å²) in [5, 5.41) is 24.2. The highest BCUT2D eigenvalue weighted by atomic mass is 35.5. The zero-order chi connectivity index (χ0) is 17.6. The fraction of sp³-hybridized carbons (Fsp3) is 0.529. The number of aromatic nitrogens is 1. The molecule has 1 atom stereocenters. The maximum atomic E-state index is 12.3. The molecule has 2 rings (SSSR count). The van der Waals surface area contributed by atoms with Crippen LogP contribution in [0.15, 0.2) is 18.3 Å². The first-order valence-electron chi connectivity index (χ1n) is 7.99. The van der Waals surface area contributed by atoms with Crippen LogP contribution < -0.4 is 10.6 Å². The van der Waals surface area contributed by atoms with Crippen molar-refractivity contribution in [3.8, 4) is 12.1 Å². The van der Waals surface area contributed by atoms with Gasteiger partial charge in [0.2, 0.25) is 5.91 Å². The summed E-state index contributed by atoms with van der Waals surface area (Å²) in [6, 6.07) is 7.37. The third-order valence-corrected chi connectivity index (χ3v) is 4.04. The fourth-order valence-electron chi connectivity index (χ4n) is 2.55. The lowest BCUT2D eigenvalue weighted by Gasteiger charge is -2.28. The largest absolute Gasteiger partial charge is 0.368 e. The smallest absolute Gasteiger partial charge is 0.237 e. The summed E-state index contributed by atoms with van der Waals surface area (Å²) in [5.74, 6) is 0.642. The van der Waals surface area contributed by atoms with E-state index < -0.39 is 0 Å². The Morgan fingerprint density at radius 3 is 2.69 bits per heavy atom. The normalized spacial score (nSPS) is 15.8. The van der Waals surface area contributed by atoms with Crippen molar-refractivity contribution in [2.45, 2.75) is 38.3 Å². The van der Waals surface area contributed by atoms with Crippen LogP contribution in [0, 0.1) is 22.7 Å². The first-order chi connectivity index (χ1) is 11.4. The van der Waals surface area contributed by atoms with Gasteiger partial charge in [-0.2, -0.15) is 10.5 Å². The number of nitriles is 2. The number of nitrogens with one attached hydrogen (secondary N) is 2. The molecule has 1 aromatic rings. The summed E-state index contributed by atoms with van der Waals surface area (Å²) in [6.45, 7) is 5.41. The van der Waals surface area contributed by atoms with Gasteiger partial charge in [0.25, 0.3) is 0 Å². The highest BCUT2D eigenvalue weighted by Gasteiger charge is 2.29. The minimum Gasteiger partial charge on any atom is -0.368 e. The second-order valence-corrected chi connectivity index (χ2v) is 6.51. The van der Waals surface area contributed by atoms with Gasteiger partial charge >= 0.3 is 0 Å². The standard InChI is InChI=1S/C17H22N6O.2ClH/c1-17(2,12-21-15-6-5-13(8-18)10-20-15)22-11-16(24)23-7-3-4-14(23)9-19;;/h5-6,10,14,22H,3-4,7,11-12H2,1-2H3,(H,20,21);2*1H/t14-;;/m0../s1. The van der Waals surface area contributed by atoms with Gasteiger partial charge in [0.15, 0.2) is 0 Å². The van der Waals surface area contributed by atoms with Gasteiger partial charge in [-0.05, 0) is 38.8 Å². The number of amides is 1. The maximum absolute atomic E-state index is 12.3. The van der Waals surface area contributed by atoms with E-state index in [1.165, 1.54) is 6.20 Å². The molecule has 1 saturated heterocycles. The number of nitrogens with zero attached hydrogens (tertiary/aromatic N) is 4. The van der Waals surface area contributed by atoms with Gasteiger partial charge in [-0.15, -0.1) is 24.8 Å². The fourth-order valence-corrected chi connectivity index (χ4v) is 2.55. The summed E-state index contributed by atoms with van der Waals surface area (Å²) in [6.07, 6.45) is 3.17. The van der Waals surface area contributed by atoms with Crippen LogP contribution in [0.1, 0.15) is 32.3 Å². The average Bonchev–Trinajstić information content (AvgIpc) is 3.07. The van der Waals surface area contributed by atoms with Gasteiger partial charge in [-0.25, -0.2) is 4.98 Å². The van der Waals surface area contributed by atoms with Crippen LogP contribution in [0.5, 0.6) is 0 Å². The summed E-state index contributed by atoms with van der Waals surface area (Å²) in [4.78, 5) is 18.1. The molecule has 9 heteroatoms. The van der Waals surface area contributed by atoms with E-state index >= 15 is 0 Å². The molecule has 0 aliphatic carbocycles. The van der Waals surface area contributed by atoms with Gasteiger partial charge in [0.1, 0.15) is 17.9 Å². The molecule has 0 spiro atoms. The lowest BCUT2D eigenvalue weighted by molar-refractivity contribution is -0.130. The number of hydrogen-bond acceptors (Lipinski definition) is 6. The molecule has 1 aliphatic rings. The summed E-state index contributed by atoms with van der Waals surface area (Å²) in [7, 11) is 0. The minimum absolute atomic E-state index is 0. The predicted molar refractivity (Wildman–Crippen MR) is 104 cm³/mol. The van der Waals surface area contributed by atoms with Crippen LogP contribution in [0.25, 0.3) is 0 Å². The molecule has 1 amide bonds. The van der Waals surface area contributed by atoms with Crippen LogP contribution in [0.3, 0.4) is 0 Å². The van der Waals surface area contributed by atoms with E-state index in [0.29, 0.717) is 24.5 Å². The molecule has 142 valence electrons. The molecule has 0 unspecified atom stereocenters. The minimum atomic E-state index is -0.326. The number of anilines is 1. The van der Waals surface area contributed by atoms with Crippen molar-refractivity contribution in [1.82, 2.24) is 15.2 Å². The number of halogens is 2. The second kappa shape index (κ2) is 10.8. The average molecular weight is 399 g/mol. The zero-order valence-corrected chi connectivity index (χ0v) is 16.5. The third kappa shape index (κ3) is 6.68. The Bertz CT molecular complexity index is 665. The van der Waals surface area contributed by atoms with Gasteiger partial charge in [0.05, 0.1) is 18.2 Å². The van der Waals surface area contributed by atoms with Crippen molar-refractivity contribution in [2.75, 3.05) is 25.0 Å². The molecule has 0 radical (unpaired) electrons. The van der Waals surface area contributed by atoms with Crippen LogP contribution in [0.2, 0.25) is 0 Å².